The molecule has 0 saturated heterocycles. The first kappa shape index (κ1) is 20.5. The van der Waals surface area contributed by atoms with Gasteiger partial charge in [-0.1, -0.05) is 29.8 Å². The van der Waals surface area contributed by atoms with Gasteiger partial charge in [0.1, 0.15) is 0 Å². The highest BCUT2D eigenvalue weighted by atomic mass is 35.5. The standard InChI is InChI=1S/C22H21ClN2O4/c1-3-29-19-10-8-15(12-20(19)28-2)22(27)24-17-9-11-21(26)25(14-17)13-16-6-4-5-7-18(16)23/h4-12,14H,3,13H2,1-2H3,(H,24,27). The number of nitrogens with one attached hydrogen (secondary N) is 1. The molecule has 3 aromatic rings. The predicted molar refractivity (Wildman–Crippen MR) is 113 cm³/mol. The summed E-state index contributed by atoms with van der Waals surface area (Å²) in [4.78, 5) is 24.8. The van der Waals surface area contributed by atoms with E-state index in [1.54, 1.807) is 36.5 Å². The molecule has 7 heteroatoms. The zero-order chi connectivity index (χ0) is 20.8. The van der Waals surface area contributed by atoms with Crippen LogP contribution in [0.15, 0.2) is 65.6 Å². The minimum absolute atomic E-state index is 0.189. The van der Waals surface area contributed by atoms with Gasteiger partial charge in [0.2, 0.25) is 0 Å². The quantitative estimate of drug-likeness (QED) is 0.631. The third-order valence-electron chi connectivity index (χ3n) is 4.27. The molecule has 29 heavy (non-hydrogen) atoms. The fraction of sp³-hybridized carbons (Fsp3) is 0.182. The van der Waals surface area contributed by atoms with Gasteiger partial charge in [-0.2, -0.15) is 0 Å². The van der Waals surface area contributed by atoms with Gasteiger partial charge in [0, 0.05) is 22.8 Å². The van der Waals surface area contributed by atoms with Crippen LogP contribution in [-0.2, 0) is 6.54 Å². The van der Waals surface area contributed by atoms with Crippen LogP contribution in [0, 0.1) is 0 Å². The zero-order valence-corrected chi connectivity index (χ0v) is 16.9. The first-order valence-electron chi connectivity index (χ1n) is 9.08. The van der Waals surface area contributed by atoms with Crippen LogP contribution in [0.1, 0.15) is 22.8 Å². The van der Waals surface area contributed by atoms with Crippen LogP contribution in [-0.4, -0.2) is 24.2 Å². The molecule has 150 valence electrons. The molecule has 1 amide bonds. The summed E-state index contributed by atoms with van der Waals surface area (Å²) < 4.78 is 12.3. The number of amides is 1. The number of anilines is 1. The summed E-state index contributed by atoms with van der Waals surface area (Å²) in [5.41, 5.74) is 1.53. The second kappa shape index (κ2) is 9.30. The molecule has 1 heterocycles. The average molecular weight is 413 g/mol. The van der Waals surface area contributed by atoms with Gasteiger partial charge >= 0.3 is 0 Å². The van der Waals surface area contributed by atoms with Crippen LogP contribution in [0.5, 0.6) is 11.5 Å². The molecule has 0 bridgehead atoms. The molecule has 2 aromatic carbocycles. The second-order valence-corrected chi connectivity index (χ2v) is 6.64. The van der Waals surface area contributed by atoms with Crippen LogP contribution in [0.2, 0.25) is 5.02 Å². The number of hydrogen-bond donors (Lipinski definition) is 1. The molecule has 0 atom stereocenters. The number of ether oxygens (including phenoxy) is 2. The number of nitrogens with zero attached hydrogens (tertiary/aromatic N) is 1. The van der Waals surface area contributed by atoms with Crippen molar-refractivity contribution in [3.05, 3.63) is 87.3 Å². The number of carbonyl (C=O) groups excluding carboxylic acids is 1. The van der Waals surface area contributed by atoms with Gasteiger partial charge in [0.15, 0.2) is 11.5 Å². The highest BCUT2D eigenvalue weighted by molar-refractivity contribution is 6.31. The van der Waals surface area contributed by atoms with Crippen molar-refractivity contribution in [3.8, 4) is 11.5 Å². The minimum Gasteiger partial charge on any atom is -0.493 e. The highest BCUT2D eigenvalue weighted by Gasteiger charge is 2.12. The Bertz CT molecular complexity index is 1080. The van der Waals surface area contributed by atoms with Crippen molar-refractivity contribution in [2.24, 2.45) is 0 Å². The van der Waals surface area contributed by atoms with Gasteiger partial charge in [-0.15, -0.1) is 0 Å². The van der Waals surface area contributed by atoms with E-state index in [-0.39, 0.29) is 11.5 Å². The normalized spacial score (nSPS) is 10.4. The van der Waals surface area contributed by atoms with E-state index in [0.717, 1.165) is 5.56 Å². The molecule has 3 rings (SSSR count). The van der Waals surface area contributed by atoms with E-state index in [1.807, 2.05) is 25.1 Å². The van der Waals surface area contributed by atoms with Crippen LogP contribution < -0.4 is 20.3 Å². The summed E-state index contributed by atoms with van der Waals surface area (Å²) in [5.74, 6) is 0.720. The maximum absolute atomic E-state index is 12.6. The summed E-state index contributed by atoms with van der Waals surface area (Å²) in [6.45, 7) is 2.67. The smallest absolute Gasteiger partial charge is 0.255 e. The van der Waals surface area contributed by atoms with Gasteiger partial charge in [0.05, 0.1) is 25.9 Å². The number of carbonyl (C=O) groups is 1. The second-order valence-electron chi connectivity index (χ2n) is 6.23. The van der Waals surface area contributed by atoms with Crippen molar-refractivity contribution in [2.45, 2.75) is 13.5 Å². The monoisotopic (exact) mass is 412 g/mol. The molecule has 0 fully saturated rings. The largest absolute Gasteiger partial charge is 0.493 e. The molecule has 0 unspecified atom stereocenters. The number of hydrogen-bond acceptors (Lipinski definition) is 4. The molecule has 0 aliphatic heterocycles. The maximum Gasteiger partial charge on any atom is 0.255 e. The Balaban J connectivity index is 1.81. The van der Waals surface area contributed by atoms with Gasteiger partial charge < -0.3 is 19.4 Å². The number of halogens is 1. The van der Waals surface area contributed by atoms with E-state index in [2.05, 4.69) is 5.32 Å². The van der Waals surface area contributed by atoms with E-state index in [4.69, 9.17) is 21.1 Å². The number of methoxy groups -OCH3 is 1. The molecule has 0 radical (unpaired) electrons. The van der Waals surface area contributed by atoms with Gasteiger partial charge in [-0.3, -0.25) is 9.59 Å². The Morgan fingerprint density at radius 1 is 1.10 bits per heavy atom. The fourth-order valence-electron chi connectivity index (χ4n) is 2.83. The Morgan fingerprint density at radius 3 is 2.62 bits per heavy atom. The van der Waals surface area contributed by atoms with E-state index < -0.39 is 0 Å². The molecule has 1 aromatic heterocycles. The minimum atomic E-state index is -0.325. The maximum atomic E-state index is 12.6. The van der Waals surface area contributed by atoms with Crippen molar-refractivity contribution in [2.75, 3.05) is 19.0 Å². The van der Waals surface area contributed by atoms with Gasteiger partial charge in [-0.25, -0.2) is 0 Å². The number of rotatable bonds is 7. The van der Waals surface area contributed by atoms with E-state index in [1.165, 1.54) is 17.7 Å². The molecular weight excluding hydrogens is 392 g/mol. The van der Waals surface area contributed by atoms with Crippen molar-refractivity contribution >= 4 is 23.2 Å². The summed E-state index contributed by atoms with van der Waals surface area (Å²) in [6, 6.07) is 15.2. The summed E-state index contributed by atoms with van der Waals surface area (Å²) in [5, 5.41) is 3.38. The van der Waals surface area contributed by atoms with E-state index in [0.29, 0.717) is 40.9 Å². The Morgan fingerprint density at radius 2 is 1.90 bits per heavy atom. The van der Waals surface area contributed by atoms with Crippen molar-refractivity contribution in [3.63, 3.8) is 0 Å². The average Bonchev–Trinajstić information content (AvgIpc) is 2.72. The fourth-order valence-corrected chi connectivity index (χ4v) is 3.02. The van der Waals surface area contributed by atoms with Crippen molar-refractivity contribution in [1.82, 2.24) is 4.57 Å². The number of pyridine rings is 1. The lowest BCUT2D eigenvalue weighted by Crippen LogP contribution is -2.21. The number of aromatic nitrogens is 1. The zero-order valence-electron chi connectivity index (χ0n) is 16.1. The third kappa shape index (κ3) is 4.97. The molecule has 0 aliphatic carbocycles. The van der Waals surface area contributed by atoms with Crippen LogP contribution in [0.25, 0.3) is 0 Å². The van der Waals surface area contributed by atoms with Crippen LogP contribution in [0.3, 0.4) is 0 Å². The van der Waals surface area contributed by atoms with Crippen LogP contribution >= 0.6 is 11.6 Å². The summed E-state index contributed by atoms with van der Waals surface area (Å²) in [6.07, 6.45) is 1.59. The lowest BCUT2D eigenvalue weighted by Gasteiger charge is -2.12. The van der Waals surface area contributed by atoms with Crippen molar-refractivity contribution < 1.29 is 14.3 Å². The predicted octanol–water partition coefficient (Wildman–Crippen LogP) is 4.21. The summed E-state index contributed by atoms with van der Waals surface area (Å²) >= 11 is 6.19. The molecular formula is C22H21ClN2O4. The molecule has 6 nitrogen and oxygen atoms in total. The van der Waals surface area contributed by atoms with Crippen molar-refractivity contribution in [1.29, 1.82) is 0 Å². The van der Waals surface area contributed by atoms with Crippen LogP contribution in [0.4, 0.5) is 5.69 Å². The number of benzene rings is 2. The molecule has 0 saturated carbocycles. The molecule has 0 aliphatic rings. The Labute approximate surface area is 173 Å². The summed E-state index contributed by atoms with van der Waals surface area (Å²) in [7, 11) is 1.52. The Hall–Kier alpha value is -3.25. The van der Waals surface area contributed by atoms with E-state index >= 15 is 0 Å². The lowest BCUT2D eigenvalue weighted by molar-refractivity contribution is 0.102. The third-order valence-corrected chi connectivity index (χ3v) is 4.63. The highest BCUT2D eigenvalue weighted by Crippen LogP contribution is 2.28. The van der Waals surface area contributed by atoms with Gasteiger partial charge in [-0.05, 0) is 42.8 Å². The first-order chi connectivity index (χ1) is 14.0. The first-order valence-corrected chi connectivity index (χ1v) is 9.45. The Kier molecular flexibility index (Phi) is 6.57. The molecule has 1 N–H and O–H groups in total. The van der Waals surface area contributed by atoms with Gasteiger partial charge in [0.25, 0.3) is 11.5 Å². The lowest BCUT2D eigenvalue weighted by atomic mass is 10.2. The van der Waals surface area contributed by atoms with E-state index in [9.17, 15) is 9.59 Å². The topological polar surface area (TPSA) is 69.6 Å². The molecule has 0 spiro atoms. The SMILES string of the molecule is CCOc1ccc(C(=O)Nc2ccc(=O)n(Cc3ccccc3Cl)c2)cc1OC.